The number of nitro groups is 1. The van der Waals surface area contributed by atoms with Gasteiger partial charge in [0.15, 0.2) is 5.65 Å². The molecule has 0 saturated carbocycles. The summed E-state index contributed by atoms with van der Waals surface area (Å²) in [6.07, 6.45) is -3.01. The van der Waals surface area contributed by atoms with E-state index in [2.05, 4.69) is 32.2 Å². The standard InChI is InChI=1S/C20H11F3N6O3S/c1-28-18-13(10-24-28)17(27-19(30)14-7-9-16(33-14)29(31)32)25-15(26-18)8-4-11-2-5-12(6-3-11)20(21,22)23/h2-3,5-7,9-10H,1H3,(H,25,26,27,30). The average Bonchev–Trinajstić information content (AvgIpc) is 3.40. The fourth-order valence-corrected chi connectivity index (χ4v) is 3.48. The first-order valence-electron chi connectivity index (χ1n) is 9.06. The largest absolute Gasteiger partial charge is 0.416 e. The smallest absolute Gasteiger partial charge is 0.305 e. The average molecular weight is 472 g/mol. The molecule has 3 heterocycles. The van der Waals surface area contributed by atoms with Crippen LogP contribution in [-0.2, 0) is 13.2 Å². The number of carbonyl (C=O) groups is 1. The third-order valence-corrected chi connectivity index (χ3v) is 5.39. The predicted octanol–water partition coefficient (Wildman–Crippen LogP) is 4.00. The van der Waals surface area contributed by atoms with Crippen molar-refractivity contribution < 1.29 is 22.9 Å². The van der Waals surface area contributed by atoms with Gasteiger partial charge in [0.25, 0.3) is 5.91 Å². The predicted molar refractivity (Wildman–Crippen MR) is 113 cm³/mol. The number of fused-ring (bicyclic) bond motifs is 1. The number of hydrogen-bond donors (Lipinski definition) is 1. The van der Waals surface area contributed by atoms with Crippen molar-refractivity contribution in [2.24, 2.45) is 7.05 Å². The lowest BCUT2D eigenvalue weighted by Crippen LogP contribution is -2.13. The second-order valence-electron chi connectivity index (χ2n) is 6.58. The molecule has 9 nitrogen and oxygen atoms in total. The van der Waals surface area contributed by atoms with E-state index >= 15 is 0 Å². The van der Waals surface area contributed by atoms with Crippen LogP contribution in [0.5, 0.6) is 0 Å². The molecule has 0 atom stereocenters. The van der Waals surface area contributed by atoms with Crippen LogP contribution in [0.3, 0.4) is 0 Å². The molecule has 0 aliphatic heterocycles. The lowest BCUT2D eigenvalue weighted by Gasteiger charge is -2.05. The Morgan fingerprint density at radius 2 is 1.88 bits per heavy atom. The monoisotopic (exact) mass is 472 g/mol. The van der Waals surface area contributed by atoms with Gasteiger partial charge in [-0.05, 0) is 36.3 Å². The van der Waals surface area contributed by atoms with E-state index in [1.165, 1.54) is 35.1 Å². The van der Waals surface area contributed by atoms with Gasteiger partial charge in [-0.1, -0.05) is 17.3 Å². The summed E-state index contributed by atoms with van der Waals surface area (Å²) < 4.78 is 39.6. The van der Waals surface area contributed by atoms with Gasteiger partial charge in [-0.3, -0.25) is 19.6 Å². The first kappa shape index (κ1) is 21.9. The fraction of sp³-hybridized carbons (Fsp3) is 0.100. The molecule has 0 unspecified atom stereocenters. The molecule has 33 heavy (non-hydrogen) atoms. The normalized spacial score (nSPS) is 11.2. The number of halogens is 3. The molecule has 0 spiro atoms. The van der Waals surface area contributed by atoms with E-state index in [0.29, 0.717) is 27.9 Å². The third kappa shape index (κ3) is 4.65. The number of nitrogens with one attached hydrogen (secondary N) is 1. The van der Waals surface area contributed by atoms with Gasteiger partial charge in [-0.15, -0.1) is 0 Å². The van der Waals surface area contributed by atoms with E-state index in [9.17, 15) is 28.1 Å². The maximum absolute atomic E-state index is 12.7. The zero-order chi connectivity index (χ0) is 23.8. The summed E-state index contributed by atoms with van der Waals surface area (Å²) in [6.45, 7) is 0. The number of alkyl halides is 3. The summed E-state index contributed by atoms with van der Waals surface area (Å²) in [4.78, 5) is 31.4. The van der Waals surface area contributed by atoms with E-state index in [1.54, 1.807) is 7.05 Å². The quantitative estimate of drug-likeness (QED) is 0.274. The van der Waals surface area contributed by atoms with Gasteiger partial charge in [0.2, 0.25) is 5.82 Å². The number of aryl methyl sites for hydroxylation is 1. The highest BCUT2D eigenvalue weighted by molar-refractivity contribution is 7.17. The van der Waals surface area contributed by atoms with Crippen LogP contribution in [0, 0.1) is 22.0 Å². The van der Waals surface area contributed by atoms with E-state index in [0.717, 1.165) is 12.1 Å². The van der Waals surface area contributed by atoms with Gasteiger partial charge in [-0.25, -0.2) is 9.97 Å². The van der Waals surface area contributed by atoms with Crippen LogP contribution in [0.2, 0.25) is 0 Å². The lowest BCUT2D eigenvalue weighted by molar-refractivity contribution is -0.380. The number of benzene rings is 1. The Hall–Kier alpha value is -4.31. The molecule has 166 valence electrons. The number of anilines is 1. The summed E-state index contributed by atoms with van der Waals surface area (Å²) in [7, 11) is 1.62. The zero-order valence-corrected chi connectivity index (χ0v) is 17.4. The van der Waals surface area contributed by atoms with Crippen LogP contribution in [-0.4, -0.2) is 30.6 Å². The number of nitrogens with zero attached hydrogens (tertiary/aromatic N) is 5. The second-order valence-corrected chi connectivity index (χ2v) is 7.64. The SMILES string of the molecule is Cn1ncc2c(NC(=O)c3ccc([N+](=O)[O-])s3)nc(C#Cc3ccc(C(F)(F)F)cc3)nc21. The minimum atomic E-state index is -4.45. The van der Waals surface area contributed by atoms with Crippen LogP contribution in [0.15, 0.2) is 42.6 Å². The molecule has 1 N–H and O–H groups in total. The van der Waals surface area contributed by atoms with Crippen LogP contribution in [0.1, 0.15) is 26.6 Å². The topological polar surface area (TPSA) is 116 Å². The lowest BCUT2D eigenvalue weighted by atomic mass is 10.1. The summed E-state index contributed by atoms with van der Waals surface area (Å²) in [5.74, 6) is 4.83. The van der Waals surface area contributed by atoms with E-state index < -0.39 is 22.6 Å². The summed E-state index contributed by atoms with van der Waals surface area (Å²) in [6, 6.07) is 6.84. The summed E-state index contributed by atoms with van der Waals surface area (Å²) in [5, 5.41) is 17.7. The summed E-state index contributed by atoms with van der Waals surface area (Å²) >= 11 is 0.710. The van der Waals surface area contributed by atoms with Crippen molar-refractivity contribution >= 4 is 39.1 Å². The second kappa shape index (κ2) is 8.32. The minimum absolute atomic E-state index is 0.00143. The molecular weight excluding hydrogens is 461 g/mol. The first-order valence-corrected chi connectivity index (χ1v) is 9.88. The van der Waals surface area contributed by atoms with Gasteiger partial charge in [-0.2, -0.15) is 18.3 Å². The molecule has 0 saturated heterocycles. The van der Waals surface area contributed by atoms with Crippen LogP contribution in [0.25, 0.3) is 11.0 Å². The molecule has 4 aromatic rings. The van der Waals surface area contributed by atoms with E-state index in [4.69, 9.17) is 0 Å². The third-order valence-electron chi connectivity index (χ3n) is 4.35. The number of thiophene rings is 1. The maximum Gasteiger partial charge on any atom is 0.416 e. The Balaban J connectivity index is 1.66. The highest BCUT2D eigenvalue weighted by atomic mass is 32.1. The van der Waals surface area contributed by atoms with Gasteiger partial charge in [0.1, 0.15) is 5.82 Å². The van der Waals surface area contributed by atoms with Crippen LogP contribution >= 0.6 is 11.3 Å². The first-order chi connectivity index (χ1) is 15.6. The van der Waals surface area contributed by atoms with E-state index in [-0.39, 0.29) is 21.5 Å². The Labute approximate surface area is 187 Å². The number of amides is 1. The molecule has 0 fully saturated rings. The van der Waals surface area contributed by atoms with Crippen molar-refractivity contribution in [3.63, 3.8) is 0 Å². The number of aromatic nitrogens is 4. The molecule has 0 bridgehead atoms. The number of hydrogen-bond acceptors (Lipinski definition) is 7. The molecule has 4 rings (SSSR count). The van der Waals surface area contributed by atoms with Gasteiger partial charge >= 0.3 is 11.2 Å². The maximum atomic E-state index is 12.7. The molecule has 1 aromatic carbocycles. The number of carbonyl (C=O) groups excluding carboxylic acids is 1. The Bertz CT molecular complexity index is 1450. The Kier molecular flexibility index (Phi) is 5.52. The molecule has 1 amide bonds. The van der Waals surface area contributed by atoms with Crippen molar-refractivity contribution in [3.8, 4) is 11.8 Å². The molecule has 3 aromatic heterocycles. The Morgan fingerprint density at radius 1 is 1.15 bits per heavy atom. The van der Waals surface area contributed by atoms with Crippen LogP contribution < -0.4 is 5.32 Å². The molecule has 0 aliphatic carbocycles. The van der Waals surface area contributed by atoms with Crippen molar-refractivity contribution in [1.82, 2.24) is 19.7 Å². The highest BCUT2D eigenvalue weighted by Crippen LogP contribution is 2.29. The van der Waals surface area contributed by atoms with Crippen molar-refractivity contribution in [3.05, 3.63) is 74.5 Å². The fourth-order valence-electron chi connectivity index (χ4n) is 2.76. The van der Waals surface area contributed by atoms with Crippen LogP contribution in [0.4, 0.5) is 24.0 Å². The van der Waals surface area contributed by atoms with Gasteiger partial charge in [0.05, 0.1) is 26.9 Å². The molecule has 0 aliphatic rings. The molecule has 13 heteroatoms. The van der Waals surface area contributed by atoms with Crippen molar-refractivity contribution in [2.45, 2.75) is 6.18 Å². The van der Waals surface area contributed by atoms with Gasteiger partial charge < -0.3 is 5.32 Å². The van der Waals surface area contributed by atoms with Crippen molar-refractivity contribution in [1.29, 1.82) is 0 Å². The van der Waals surface area contributed by atoms with E-state index in [1.807, 2.05) is 0 Å². The van der Waals surface area contributed by atoms with Gasteiger partial charge in [0, 0.05) is 18.7 Å². The summed E-state index contributed by atoms with van der Waals surface area (Å²) in [5.41, 5.74) is -0.123. The molecule has 0 radical (unpaired) electrons. The number of rotatable bonds is 3. The highest BCUT2D eigenvalue weighted by Gasteiger charge is 2.29. The molecular formula is C20H11F3N6O3S. The zero-order valence-electron chi connectivity index (χ0n) is 16.5. The minimum Gasteiger partial charge on any atom is -0.305 e. The van der Waals surface area contributed by atoms with Crippen molar-refractivity contribution in [2.75, 3.05) is 5.32 Å². The Morgan fingerprint density at radius 3 is 2.52 bits per heavy atom.